The number of aryl methyl sites for hydroxylation is 1. The van der Waals surface area contributed by atoms with Gasteiger partial charge in [0.15, 0.2) is 4.34 Å². The molecule has 0 radical (unpaired) electrons. The maximum Gasteiger partial charge on any atom is 0.151 e. The maximum absolute atomic E-state index is 10.9. The van der Waals surface area contributed by atoms with Gasteiger partial charge >= 0.3 is 0 Å². The molecule has 0 aliphatic heterocycles. The van der Waals surface area contributed by atoms with Gasteiger partial charge in [-0.15, -0.1) is 11.3 Å². The van der Waals surface area contributed by atoms with Crippen LogP contribution in [0.25, 0.3) is 10.2 Å². The first kappa shape index (κ1) is 21.2. The molecule has 0 bridgehead atoms. The fraction of sp³-hybridized carbons (Fsp3) is 0.458. The van der Waals surface area contributed by atoms with Crippen LogP contribution in [0.3, 0.4) is 0 Å². The predicted octanol–water partition coefficient (Wildman–Crippen LogP) is 7.32. The van der Waals surface area contributed by atoms with E-state index in [-0.39, 0.29) is 10.8 Å². The van der Waals surface area contributed by atoms with Gasteiger partial charge in [0.2, 0.25) is 0 Å². The van der Waals surface area contributed by atoms with Gasteiger partial charge in [-0.05, 0) is 52.5 Å². The summed E-state index contributed by atoms with van der Waals surface area (Å²) in [5, 5.41) is 10.9. The van der Waals surface area contributed by atoms with Crippen molar-refractivity contribution in [2.45, 2.75) is 69.6 Å². The van der Waals surface area contributed by atoms with Gasteiger partial charge in [0.1, 0.15) is 5.75 Å². The minimum absolute atomic E-state index is 0.0736. The molecule has 2 nitrogen and oxygen atoms in total. The van der Waals surface area contributed by atoms with Gasteiger partial charge in [-0.3, -0.25) is 0 Å². The van der Waals surface area contributed by atoms with Gasteiger partial charge in [-0.1, -0.05) is 77.6 Å². The quantitative estimate of drug-likeness (QED) is 0.351. The minimum Gasteiger partial charge on any atom is -0.507 e. The van der Waals surface area contributed by atoms with Gasteiger partial charge in [-0.25, -0.2) is 4.98 Å². The molecule has 28 heavy (non-hydrogen) atoms. The van der Waals surface area contributed by atoms with E-state index in [9.17, 15) is 5.11 Å². The molecular weight excluding hydrogens is 382 g/mol. The fourth-order valence-corrected chi connectivity index (χ4v) is 5.41. The molecule has 4 heteroatoms. The number of phenolic OH excluding ortho intramolecular Hbond substituents is 1. The highest BCUT2D eigenvalue weighted by atomic mass is 32.2. The van der Waals surface area contributed by atoms with Crippen molar-refractivity contribution in [3.63, 3.8) is 0 Å². The van der Waals surface area contributed by atoms with E-state index in [2.05, 4.69) is 71.9 Å². The lowest BCUT2D eigenvalue weighted by molar-refractivity contribution is 0.422. The number of phenols is 1. The summed E-state index contributed by atoms with van der Waals surface area (Å²) >= 11 is 3.62. The highest BCUT2D eigenvalue weighted by Gasteiger charge is 2.26. The molecule has 3 rings (SSSR count). The number of aromatic nitrogens is 1. The largest absolute Gasteiger partial charge is 0.507 e. The molecule has 0 atom stereocenters. The van der Waals surface area contributed by atoms with Crippen LogP contribution in [0.5, 0.6) is 5.75 Å². The Labute approximate surface area is 177 Å². The molecule has 1 N–H and O–H groups in total. The summed E-state index contributed by atoms with van der Waals surface area (Å²) in [6, 6.07) is 12.7. The number of aromatic hydroxyl groups is 1. The number of hydrogen-bond donors (Lipinski definition) is 1. The summed E-state index contributed by atoms with van der Waals surface area (Å²) in [6.07, 6.45) is 2.11. The second-order valence-electron chi connectivity index (χ2n) is 9.44. The van der Waals surface area contributed by atoms with Crippen LogP contribution in [0, 0.1) is 0 Å². The number of thioether (sulfide) groups is 1. The lowest BCUT2D eigenvalue weighted by Gasteiger charge is -2.28. The average molecular weight is 414 g/mol. The van der Waals surface area contributed by atoms with Crippen molar-refractivity contribution in [3.8, 4) is 5.75 Å². The number of nitrogens with zero attached hydrogens (tertiary/aromatic N) is 1. The van der Waals surface area contributed by atoms with Gasteiger partial charge in [-0.2, -0.15) is 0 Å². The van der Waals surface area contributed by atoms with E-state index in [1.165, 1.54) is 10.3 Å². The third-order valence-corrected chi connectivity index (χ3v) is 7.16. The first-order valence-electron chi connectivity index (χ1n) is 9.91. The molecule has 0 aliphatic rings. The second kappa shape index (κ2) is 8.08. The molecule has 2 aromatic carbocycles. The fourth-order valence-electron chi connectivity index (χ4n) is 3.33. The van der Waals surface area contributed by atoms with Crippen LogP contribution in [0.15, 0.2) is 40.7 Å². The Kier molecular flexibility index (Phi) is 6.11. The maximum atomic E-state index is 10.9. The Hall–Kier alpha value is -1.52. The van der Waals surface area contributed by atoms with Crippen molar-refractivity contribution in [2.24, 2.45) is 0 Å². The number of para-hydroxylation sites is 1. The smallest absolute Gasteiger partial charge is 0.151 e. The van der Waals surface area contributed by atoms with E-state index in [0.29, 0.717) is 5.75 Å². The van der Waals surface area contributed by atoms with Crippen LogP contribution in [-0.4, -0.2) is 15.8 Å². The molecule has 150 valence electrons. The Balaban J connectivity index is 1.71. The Bertz CT molecular complexity index is 893. The molecule has 1 aromatic heterocycles. The Morgan fingerprint density at radius 2 is 1.57 bits per heavy atom. The van der Waals surface area contributed by atoms with E-state index in [0.717, 1.165) is 39.6 Å². The van der Waals surface area contributed by atoms with Gasteiger partial charge in [0.25, 0.3) is 0 Å². The summed E-state index contributed by atoms with van der Waals surface area (Å²) < 4.78 is 2.41. The summed E-state index contributed by atoms with van der Waals surface area (Å²) in [7, 11) is 0. The van der Waals surface area contributed by atoms with Crippen molar-refractivity contribution in [3.05, 3.63) is 53.1 Å². The number of hydrogen-bond acceptors (Lipinski definition) is 4. The third kappa shape index (κ3) is 4.90. The normalized spacial score (nSPS) is 12.6. The lowest BCUT2D eigenvalue weighted by Crippen LogP contribution is -2.18. The number of fused-ring (bicyclic) bond motifs is 1. The second-order valence-corrected chi connectivity index (χ2v) is 11.8. The summed E-state index contributed by atoms with van der Waals surface area (Å²) in [4.78, 5) is 4.71. The number of rotatable bonds is 5. The monoisotopic (exact) mass is 413 g/mol. The molecule has 0 saturated heterocycles. The highest BCUT2D eigenvalue weighted by Crippen LogP contribution is 2.40. The van der Waals surface area contributed by atoms with E-state index in [4.69, 9.17) is 4.98 Å². The highest BCUT2D eigenvalue weighted by molar-refractivity contribution is 8.01. The molecular formula is C24H31NOS2. The SMILES string of the molecule is CC(C)(C)c1cc(CCCSc2nc3ccccc3s2)cc(C(C)(C)C)c1O. The van der Waals surface area contributed by atoms with Crippen LogP contribution >= 0.6 is 23.1 Å². The van der Waals surface area contributed by atoms with Crippen LogP contribution < -0.4 is 0 Å². The number of benzene rings is 2. The molecule has 0 saturated carbocycles. The van der Waals surface area contributed by atoms with Crippen molar-refractivity contribution in [1.82, 2.24) is 4.98 Å². The Morgan fingerprint density at radius 1 is 0.964 bits per heavy atom. The van der Waals surface area contributed by atoms with Crippen LogP contribution in [0.2, 0.25) is 0 Å². The minimum atomic E-state index is -0.0736. The first-order valence-corrected chi connectivity index (χ1v) is 11.7. The van der Waals surface area contributed by atoms with Gasteiger partial charge in [0, 0.05) is 5.75 Å². The summed E-state index contributed by atoms with van der Waals surface area (Å²) in [6.45, 7) is 13.0. The molecule has 0 amide bonds. The predicted molar refractivity (Wildman–Crippen MR) is 124 cm³/mol. The molecule has 1 heterocycles. The van der Waals surface area contributed by atoms with Gasteiger partial charge < -0.3 is 5.11 Å². The summed E-state index contributed by atoms with van der Waals surface area (Å²) in [5.41, 5.74) is 4.37. The zero-order valence-electron chi connectivity index (χ0n) is 17.8. The standard InChI is InChI=1S/C24H31NOS2/c1-23(2,3)17-14-16(15-18(21(17)26)24(4,5)6)10-9-13-27-22-25-19-11-7-8-12-20(19)28-22/h7-8,11-12,14-15,26H,9-10,13H2,1-6H3. The number of thiazole rings is 1. The van der Waals surface area contributed by atoms with Crippen LogP contribution in [0.1, 0.15) is 64.7 Å². The molecule has 0 aliphatic carbocycles. The van der Waals surface area contributed by atoms with Crippen molar-refractivity contribution < 1.29 is 5.11 Å². The molecule has 0 unspecified atom stereocenters. The Morgan fingerprint density at radius 3 is 2.14 bits per heavy atom. The third-order valence-electron chi connectivity index (χ3n) is 4.90. The molecule has 3 aromatic rings. The van der Waals surface area contributed by atoms with Crippen molar-refractivity contribution in [2.75, 3.05) is 5.75 Å². The van der Waals surface area contributed by atoms with E-state index in [1.807, 2.05) is 17.8 Å². The van der Waals surface area contributed by atoms with Crippen molar-refractivity contribution in [1.29, 1.82) is 0 Å². The zero-order valence-corrected chi connectivity index (χ0v) is 19.4. The van der Waals surface area contributed by atoms with E-state index < -0.39 is 0 Å². The lowest BCUT2D eigenvalue weighted by atomic mass is 9.78. The molecule has 0 fully saturated rings. The topological polar surface area (TPSA) is 33.1 Å². The molecule has 0 spiro atoms. The van der Waals surface area contributed by atoms with E-state index in [1.54, 1.807) is 11.3 Å². The van der Waals surface area contributed by atoms with Gasteiger partial charge in [0.05, 0.1) is 10.2 Å². The first-order chi connectivity index (χ1) is 13.1. The zero-order chi connectivity index (χ0) is 20.5. The average Bonchev–Trinajstić information content (AvgIpc) is 3.00. The van der Waals surface area contributed by atoms with Crippen molar-refractivity contribution >= 4 is 33.3 Å². The van der Waals surface area contributed by atoms with E-state index >= 15 is 0 Å². The summed E-state index contributed by atoms with van der Waals surface area (Å²) in [5.74, 6) is 1.52. The van der Waals surface area contributed by atoms with Crippen LogP contribution in [0.4, 0.5) is 0 Å². The van der Waals surface area contributed by atoms with Crippen LogP contribution in [-0.2, 0) is 17.3 Å².